The Kier molecular flexibility index (Phi) is 6.20. The Morgan fingerprint density at radius 3 is 2.48 bits per heavy atom. The summed E-state index contributed by atoms with van der Waals surface area (Å²) in [4.78, 5) is 32.8. The number of ether oxygens (including phenoxy) is 1. The number of hydrogen-bond donors (Lipinski definition) is 1. The summed E-state index contributed by atoms with van der Waals surface area (Å²) in [5.74, 6) is -1.60. The van der Waals surface area contributed by atoms with E-state index in [2.05, 4.69) is 9.97 Å². The number of hydrogen-bond acceptors (Lipinski definition) is 6. The van der Waals surface area contributed by atoms with Gasteiger partial charge in [0, 0.05) is 44.4 Å². The fourth-order valence-electron chi connectivity index (χ4n) is 3.80. The Labute approximate surface area is 163 Å². The van der Waals surface area contributed by atoms with Crippen LogP contribution < -0.4 is 4.90 Å². The molecule has 3 fully saturated rings. The molecule has 3 aliphatic rings. The summed E-state index contributed by atoms with van der Waals surface area (Å²) in [5, 5.41) is 7.12. The average Bonchev–Trinajstić information content (AvgIpc) is 3.33. The van der Waals surface area contributed by atoms with Gasteiger partial charge in [0.15, 0.2) is 5.82 Å². The molecule has 1 aromatic rings. The molecule has 0 bridgehead atoms. The van der Waals surface area contributed by atoms with Crippen LogP contribution in [0.1, 0.15) is 12.8 Å². The molecule has 3 atom stereocenters. The van der Waals surface area contributed by atoms with Crippen LogP contribution >= 0.6 is 0 Å². The van der Waals surface area contributed by atoms with E-state index in [0.717, 1.165) is 39.2 Å². The highest BCUT2D eigenvalue weighted by Crippen LogP contribution is 2.35. The second kappa shape index (κ2) is 8.47. The van der Waals surface area contributed by atoms with Gasteiger partial charge in [-0.1, -0.05) is 0 Å². The van der Waals surface area contributed by atoms with Crippen LogP contribution in [0.25, 0.3) is 0 Å². The number of carboxylic acids is 1. The Morgan fingerprint density at radius 2 is 1.93 bits per heavy atom. The van der Waals surface area contributed by atoms with Crippen LogP contribution in [0.15, 0.2) is 12.4 Å². The van der Waals surface area contributed by atoms with E-state index in [4.69, 9.17) is 14.6 Å². The molecule has 29 heavy (non-hydrogen) atoms. The molecule has 1 N–H and O–H groups in total. The number of amides is 1. The fourth-order valence-corrected chi connectivity index (χ4v) is 3.80. The van der Waals surface area contributed by atoms with E-state index in [1.54, 1.807) is 0 Å². The Morgan fingerprint density at radius 1 is 1.28 bits per heavy atom. The maximum atomic E-state index is 12.9. The highest BCUT2D eigenvalue weighted by atomic mass is 19.4. The molecule has 0 radical (unpaired) electrons. The van der Waals surface area contributed by atoms with Crippen molar-refractivity contribution in [1.82, 2.24) is 14.9 Å². The lowest BCUT2D eigenvalue weighted by Gasteiger charge is -2.24. The van der Waals surface area contributed by atoms with Crippen molar-refractivity contribution in [3.05, 3.63) is 18.2 Å². The molecule has 8 nitrogen and oxygen atoms in total. The highest BCUT2D eigenvalue weighted by molar-refractivity contribution is 5.78. The molecule has 3 saturated heterocycles. The van der Waals surface area contributed by atoms with Crippen molar-refractivity contribution >= 4 is 17.8 Å². The number of alkyl halides is 3. The van der Waals surface area contributed by atoms with Gasteiger partial charge in [-0.25, -0.2) is 19.2 Å². The summed E-state index contributed by atoms with van der Waals surface area (Å²) in [6, 6.07) is 0. The number of fused-ring (bicyclic) bond motifs is 1. The molecule has 1 aromatic heterocycles. The highest BCUT2D eigenvalue weighted by Gasteiger charge is 2.45. The SMILES string of the molecule is O=C(O)C(F)(F)F.O=C1CCCN1C[C@H]1CO[C@@H]2CN(c3ncc(F)cn3)C[C@H]12. The number of anilines is 1. The van der Waals surface area contributed by atoms with E-state index >= 15 is 0 Å². The van der Waals surface area contributed by atoms with Crippen LogP contribution in [-0.2, 0) is 14.3 Å². The Balaban J connectivity index is 0.000000298. The van der Waals surface area contributed by atoms with Gasteiger partial charge in [-0.05, 0) is 6.42 Å². The average molecular weight is 420 g/mol. The molecule has 0 aromatic carbocycles. The monoisotopic (exact) mass is 420 g/mol. The molecule has 0 saturated carbocycles. The number of carboxylic acid groups (broad SMARTS) is 1. The predicted molar refractivity (Wildman–Crippen MR) is 90.4 cm³/mol. The molecule has 3 aliphatic heterocycles. The van der Waals surface area contributed by atoms with Crippen LogP contribution in [0, 0.1) is 17.7 Å². The smallest absolute Gasteiger partial charge is 0.475 e. The molecule has 1 amide bonds. The summed E-state index contributed by atoms with van der Waals surface area (Å²) in [6.45, 7) is 3.93. The number of likely N-dealkylation sites (tertiary alicyclic amines) is 1. The van der Waals surface area contributed by atoms with Gasteiger partial charge in [0.2, 0.25) is 11.9 Å². The molecule has 0 spiro atoms. The Hall–Kier alpha value is -2.50. The lowest BCUT2D eigenvalue weighted by Crippen LogP contribution is -2.35. The molecule has 0 aliphatic carbocycles. The minimum absolute atomic E-state index is 0.163. The van der Waals surface area contributed by atoms with Crippen molar-refractivity contribution < 1.29 is 37.0 Å². The first kappa shape index (κ1) is 21.2. The van der Waals surface area contributed by atoms with Crippen LogP contribution in [0.4, 0.5) is 23.5 Å². The zero-order valence-electron chi connectivity index (χ0n) is 15.3. The van der Waals surface area contributed by atoms with Crippen molar-refractivity contribution in [2.24, 2.45) is 11.8 Å². The molecule has 4 rings (SSSR count). The molecular weight excluding hydrogens is 400 g/mol. The van der Waals surface area contributed by atoms with Gasteiger partial charge in [0.05, 0.1) is 25.1 Å². The summed E-state index contributed by atoms with van der Waals surface area (Å²) in [6.07, 6.45) is -0.890. The number of halogens is 4. The Bertz CT molecular complexity index is 746. The van der Waals surface area contributed by atoms with Gasteiger partial charge in [-0.2, -0.15) is 13.2 Å². The van der Waals surface area contributed by atoms with Gasteiger partial charge in [-0.3, -0.25) is 4.79 Å². The fraction of sp³-hybridized carbons (Fsp3) is 0.647. The van der Waals surface area contributed by atoms with E-state index in [0.29, 0.717) is 24.2 Å². The first-order chi connectivity index (χ1) is 13.6. The standard InChI is InChI=1S/C15H19FN4O2.C2HF3O2/c16-11-4-17-15(18-5-11)20-7-12-10(9-22-13(12)8-20)6-19-3-1-2-14(19)21;3-2(4,5)1(6)7/h4-5,10,12-13H,1-3,6-9H2;(H,6,7)/t10-,12+,13+;/m0./s1. The molecular formula is C17H20F4N4O4. The summed E-state index contributed by atoms with van der Waals surface area (Å²) in [5.41, 5.74) is 0. The van der Waals surface area contributed by atoms with Crippen LogP contribution in [0.2, 0.25) is 0 Å². The van der Waals surface area contributed by atoms with Crippen molar-refractivity contribution in [2.45, 2.75) is 25.1 Å². The lowest BCUT2D eigenvalue weighted by molar-refractivity contribution is -0.192. The van der Waals surface area contributed by atoms with Gasteiger partial charge >= 0.3 is 12.1 Å². The normalized spacial score (nSPS) is 26.3. The third-order valence-corrected chi connectivity index (χ3v) is 5.20. The summed E-state index contributed by atoms with van der Waals surface area (Å²) in [7, 11) is 0. The van der Waals surface area contributed by atoms with Crippen LogP contribution in [0.3, 0.4) is 0 Å². The van der Waals surface area contributed by atoms with E-state index in [1.165, 1.54) is 12.4 Å². The number of nitrogens with zero attached hydrogens (tertiary/aromatic N) is 4. The van der Waals surface area contributed by atoms with E-state index in [-0.39, 0.29) is 12.0 Å². The van der Waals surface area contributed by atoms with Crippen LogP contribution in [-0.4, -0.2) is 76.9 Å². The molecule has 160 valence electrons. The third-order valence-electron chi connectivity index (χ3n) is 5.20. The maximum Gasteiger partial charge on any atom is 0.490 e. The zero-order chi connectivity index (χ0) is 21.2. The zero-order valence-corrected chi connectivity index (χ0v) is 15.3. The van der Waals surface area contributed by atoms with Crippen LogP contribution in [0.5, 0.6) is 0 Å². The second-order valence-corrected chi connectivity index (χ2v) is 7.15. The first-order valence-corrected chi connectivity index (χ1v) is 9.07. The topological polar surface area (TPSA) is 95.9 Å². The van der Waals surface area contributed by atoms with Crippen molar-refractivity contribution in [3.8, 4) is 0 Å². The van der Waals surface area contributed by atoms with Gasteiger partial charge in [0.1, 0.15) is 0 Å². The van der Waals surface area contributed by atoms with Gasteiger partial charge in [0.25, 0.3) is 0 Å². The molecule has 0 unspecified atom stereocenters. The predicted octanol–water partition coefficient (Wildman–Crippen LogP) is 1.32. The number of aromatic nitrogens is 2. The minimum atomic E-state index is -5.08. The second-order valence-electron chi connectivity index (χ2n) is 7.15. The number of carbonyl (C=O) groups is 2. The van der Waals surface area contributed by atoms with Gasteiger partial charge in [-0.15, -0.1) is 0 Å². The molecule has 12 heteroatoms. The number of rotatable bonds is 3. The van der Waals surface area contributed by atoms with Crippen molar-refractivity contribution in [1.29, 1.82) is 0 Å². The van der Waals surface area contributed by atoms with E-state index < -0.39 is 18.0 Å². The maximum absolute atomic E-state index is 12.9. The first-order valence-electron chi connectivity index (χ1n) is 9.07. The minimum Gasteiger partial charge on any atom is -0.475 e. The lowest BCUT2D eigenvalue weighted by atomic mass is 9.93. The van der Waals surface area contributed by atoms with Crippen molar-refractivity contribution in [3.63, 3.8) is 0 Å². The van der Waals surface area contributed by atoms with E-state index in [1.807, 2.05) is 9.80 Å². The van der Waals surface area contributed by atoms with Gasteiger partial charge < -0.3 is 19.6 Å². The third kappa shape index (κ3) is 5.11. The summed E-state index contributed by atoms with van der Waals surface area (Å²) < 4.78 is 50.6. The van der Waals surface area contributed by atoms with E-state index in [9.17, 15) is 22.4 Å². The largest absolute Gasteiger partial charge is 0.490 e. The quantitative estimate of drug-likeness (QED) is 0.737. The van der Waals surface area contributed by atoms with Crippen molar-refractivity contribution in [2.75, 3.05) is 37.7 Å². The number of carbonyl (C=O) groups excluding carboxylic acids is 1. The molecule has 4 heterocycles. The number of aliphatic carboxylic acids is 1. The summed E-state index contributed by atoms with van der Waals surface area (Å²) >= 11 is 0.